The molecule has 1 unspecified atom stereocenters. The van der Waals surface area contributed by atoms with Crippen LogP contribution in [0.15, 0.2) is 22.8 Å². The predicted octanol–water partition coefficient (Wildman–Crippen LogP) is 4.36. The van der Waals surface area contributed by atoms with Gasteiger partial charge in [0.05, 0.1) is 6.26 Å². The molecule has 98 valence electrons. The van der Waals surface area contributed by atoms with E-state index in [1.54, 1.807) is 6.26 Å². The van der Waals surface area contributed by atoms with Crippen LogP contribution in [0, 0.1) is 20.8 Å². The SMILES string of the molecule is CCCNC(c1occc1C)c1sc(C)cc1C. The van der Waals surface area contributed by atoms with Gasteiger partial charge in [-0.1, -0.05) is 6.92 Å². The van der Waals surface area contributed by atoms with Crippen LogP contribution in [0.25, 0.3) is 0 Å². The number of nitrogens with one attached hydrogen (secondary N) is 1. The molecule has 0 aromatic carbocycles. The second-order valence-electron chi connectivity index (χ2n) is 4.76. The summed E-state index contributed by atoms with van der Waals surface area (Å²) in [5.74, 6) is 1.05. The summed E-state index contributed by atoms with van der Waals surface area (Å²) in [5.41, 5.74) is 2.57. The Hall–Kier alpha value is -1.06. The van der Waals surface area contributed by atoms with E-state index in [1.807, 2.05) is 17.4 Å². The van der Waals surface area contributed by atoms with Crippen molar-refractivity contribution < 1.29 is 4.42 Å². The maximum Gasteiger partial charge on any atom is 0.128 e. The highest BCUT2D eigenvalue weighted by Gasteiger charge is 2.22. The molecule has 1 N–H and O–H groups in total. The van der Waals surface area contributed by atoms with E-state index in [4.69, 9.17) is 4.42 Å². The van der Waals surface area contributed by atoms with Crippen LogP contribution in [0.4, 0.5) is 0 Å². The quantitative estimate of drug-likeness (QED) is 0.867. The fourth-order valence-corrected chi connectivity index (χ4v) is 3.33. The minimum Gasteiger partial charge on any atom is -0.467 e. The molecule has 0 bridgehead atoms. The molecule has 2 heterocycles. The van der Waals surface area contributed by atoms with Crippen molar-refractivity contribution in [1.82, 2.24) is 5.32 Å². The Morgan fingerprint density at radius 3 is 2.56 bits per heavy atom. The summed E-state index contributed by atoms with van der Waals surface area (Å²) in [6, 6.07) is 4.48. The molecule has 0 aliphatic carbocycles. The Morgan fingerprint density at radius 2 is 2.06 bits per heavy atom. The zero-order valence-corrected chi connectivity index (χ0v) is 12.4. The van der Waals surface area contributed by atoms with Gasteiger partial charge in [-0.05, 0) is 57.0 Å². The highest BCUT2D eigenvalue weighted by molar-refractivity contribution is 7.12. The Balaban J connectivity index is 2.37. The van der Waals surface area contributed by atoms with Gasteiger partial charge >= 0.3 is 0 Å². The van der Waals surface area contributed by atoms with E-state index in [-0.39, 0.29) is 6.04 Å². The average Bonchev–Trinajstić information content (AvgIpc) is 2.87. The Kier molecular flexibility index (Phi) is 4.25. The molecule has 0 spiro atoms. The number of aryl methyl sites for hydroxylation is 3. The van der Waals surface area contributed by atoms with Crippen molar-refractivity contribution in [2.24, 2.45) is 0 Å². The summed E-state index contributed by atoms with van der Waals surface area (Å²) in [4.78, 5) is 2.73. The van der Waals surface area contributed by atoms with E-state index in [2.05, 4.69) is 39.1 Å². The Morgan fingerprint density at radius 1 is 1.28 bits per heavy atom. The Labute approximate surface area is 113 Å². The number of thiophene rings is 1. The van der Waals surface area contributed by atoms with Crippen molar-refractivity contribution in [3.8, 4) is 0 Å². The van der Waals surface area contributed by atoms with E-state index in [1.165, 1.54) is 20.9 Å². The van der Waals surface area contributed by atoms with E-state index >= 15 is 0 Å². The van der Waals surface area contributed by atoms with E-state index in [0.717, 1.165) is 18.7 Å². The molecule has 0 amide bonds. The molecule has 2 nitrogen and oxygen atoms in total. The van der Waals surface area contributed by atoms with Gasteiger partial charge in [0.15, 0.2) is 0 Å². The third kappa shape index (κ3) is 2.68. The first kappa shape index (κ1) is 13.4. The molecule has 0 saturated heterocycles. The molecule has 2 aromatic rings. The van der Waals surface area contributed by atoms with Crippen molar-refractivity contribution in [1.29, 1.82) is 0 Å². The van der Waals surface area contributed by atoms with Crippen molar-refractivity contribution in [3.63, 3.8) is 0 Å². The number of hydrogen-bond acceptors (Lipinski definition) is 3. The highest BCUT2D eigenvalue weighted by Crippen LogP contribution is 2.33. The molecule has 1 atom stereocenters. The molecule has 0 aliphatic heterocycles. The fraction of sp³-hybridized carbons (Fsp3) is 0.467. The molecular weight excluding hydrogens is 242 g/mol. The van der Waals surface area contributed by atoms with Crippen molar-refractivity contribution >= 4 is 11.3 Å². The Bertz CT molecular complexity index is 512. The molecule has 3 heteroatoms. The minimum atomic E-state index is 0.193. The van der Waals surface area contributed by atoms with Crippen LogP contribution in [0.1, 0.15) is 46.0 Å². The highest BCUT2D eigenvalue weighted by atomic mass is 32.1. The summed E-state index contributed by atoms with van der Waals surface area (Å²) < 4.78 is 5.69. The number of furan rings is 1. The zero-order chi connectivity index (χ0) is 13.1. The largest absolute Gasteiger partial charge is 0.467 e. The lowest BCUT2D eigenvalue weighted by Gasteiger charge is -2.17. The van der Waals surface area contributed by atoms with Crippen LogP contribution < -0.4 is 5.32 Å². The maximum atomic E-state index is 5.69. The second kappa shape index (κ2) is 5.72. The maximum absolute atomic E-state index is 5.69. The van der Waals surface area contributed by atoms with Crippen LogP contribution in [0.3, 0.4) is 0 Å². The molecule has 0 fully saturated rings. The van der Waals surface area contributed by atoms with Gasteiger partial charge in [-0.15, -0.1) is 11.3 Å². The first-order valence-electron chi connectivity index (χ1n) is 6.47. The molecule has 0 radical (unpaired) electrons. The topological polar surface area (TPSA) is 25.2 Å². The second-order valence-corrected chi connectivity index (χ2v) is 6.05. The lowest BCUT2D eigenvalue weighted by Crippen LogP contribution is -2.23. The van der Waals surface area contributed by atoms with Crippen LogP contribution >= 0.6 is 11.3 Å². The van der Waals surface area contributed by atoms with Gasteiger partial charge < -0.3 is 9.73 Å². The normalized spacial score (nSPS) is 12.9. The van der Waals surface area contributed by atoms with Crippen LogP contribution in [-0.2, 0) is 0 Å². The van der Waals surface area contributed by atoms with Crippen molar-refractivity contribution in [2.45, 2.75) is 40.2 Å². The summed E-state index contributed by atoms with van der Waals surface area (Å²) in [6.07, 6.45) is 2.90. The average molecular weight is 263 g/mol. The lowest BCUT2D eigenvalue weighted by molar-refractivity contribution is 0.446. The summed E-state index contributed by atoms with van der Waals surface area (Å²) in [7, 11) is 0. The zero-order valence-electron chi connectivity index (χ0n) is 11.5. The third-order valence-electron chi connectivity index (χ3n) is 3.10. The van der Waals surface area contributed by atoms with Gasteiger partial charge in [-0.2, -0.15) is 0 Å². The molecule has 18 heavy (non-hydrogen) atoms. The van der Waals surface area contributed by atoms with Crippen LogP contribution in [-0.4, -0.2) is 6.54 Å². The predicted molar refractivity (Wildman–Crippen MR) is 77.4 cm³/mol. The molecular formula is C15H21NOS. The first-order valence-corrected chi connectivity index (χ1v) is 7.29. The summed E-state index contributed by atoms with van der Waals surface area (Å²) in [5, 5.41) is 3.60. The van der Waals surface area contributed by atoms with E-state index in [0.29, 0.717) is 0 Å². The third-order valence-corrected chi connectivity index (χ3v) is 4.32. The van der Waals surface area contributed by atoms with Crippen LogP contribution in [0.5, 0.6) is 0 Å². The minimum absolute atomic E-state index is 0.193. The van der Waals surface area contributed by atoms with Gasteiger partial charge in [0.2, 0.25) is 0 Å². The van der Waals surface area contributed by atoms with Gasteiger partial charge in [0.1, 0.15) is 11.8 Å². The molecule has 2 rings (SSSR count). The van der Waals surface area contributed by atoms with Gasteiger partial charge in [0.25, 0.3) is 0 Å². The molecule has 0 aliphatic rings. The number of rotatable bonds is 5. The standard InChI is InChI=1S/C15H21NOS/c1-5-7-16-13(14-10(2)6-8-17-14)15-11(3)9-12(4)18-15/h6,8-9,13,16H,5,7H2,1-4H3. The summed E-state index contributed by atoms with van der Waals surface area (Å²) in [6.45, 7) is 9.63. The van der Waals surface area contributed by atoms with Gasteiger partial charge in [-0.3, -0.25) is 0 Å². The van der Waals surface area contributed by atoms with Crippen LogP contribution in [0.2, 0.25) is 0 Å². The number of hydrogen-bond donors (Lipinski definition) is 1. The van der Waals surface area contributed by atoms with Gasteiger partial charge in [-0.25, -0.2) is 0 Å². The molecule has 2 aromatic heterocycles. The van der Waals surface area contributed by atoms with Crippen molar-refractivity contribution in [3.05, 3.63) is 45.0 Å². The van der Waals surface area contributed by atoms with Crippen molar-refractivity contribution in [2.75, 3.05) is 6.54 Å². The fourth-order valence-electron chi connectivity index (χ4n) is 2.22. The van der Waals surface area contributed by atoms with E-state index < -0.39 is 0 Å². The van der Waals surface area contributed by atoms with E-state index in [9.17, 15) is 0 Å². The monoisotopic (exact) mass is 263 g/mol. The first-order chi connectivity index (χ1) is 8.63. The summed E-state index contributed by atoms with van der Waals surface area (Å²) >= 11 is 1.86. The molecule has 0 saturated carbocycles. The smallest absolute Gasteiger partial charge is 0.128 e. The van der Waals surface area contributed by atoms with Gasteiger partial charge in [0, 0.05) is 9.75 Å². The lowest BCUT2D eigenvalue weighted by atomic mass is 10.1.